The first-order chi connectivity index (χ1) is 12.0. The van der Waals surface area contributed by atoms with Gasteiger partial charge in [0.05, 0.1) is 6.54 Å². The smallest absolute Gasteiger partial charge is 0.246 e. The second kappa shape index (κ2) is 8.78. The lowest BCUT2D eigenvalue weighted by Gasteiger charge is -2.16. The zero-order valence-electron chi connectivity index (χ0n) is 14.3. The van der Waals surface area contributed by atoms with Crippen LogP contribution in [-0.4, -0.2) is 30.3 Å². The molecule has 0 aliphatic heterocycles. The molecule has 0 aliphatic carbocycles. The Morgan fingerprint density at radius 3 is 2.48 bits per heavy atom. The van der Waals surface area contributed by atoms with Crippen LogP contribution >= 0.6 is 0 Å². The summed E-state index contributed by atoms with van der Waals surface area (Å²) < 4.78 is 12.8. The van der Waals surface area contributed by atoms with Gasteiger partial charge in [-0.2, -0.15) is 0 Å². The third-order valence-electron chi connectivity index (χ3n) is 3.72. The minimum atomic E-state index is -0.329. The van der Waals surface area contributed by atoms with Crippen LogP contribution in [0.2, 0.25) is 0 Å². The van der Waals surface area contributed by atoms with Gasteiger partial charge in [-0.1, -0.05) is 37.3 Å². The van der Waals surface area contributed by atoms with Gasteiger partial charge in [0, 0.05) is 18.8 Å². The topological polar surface area (TPSA) is 49.4 Å². The number of anilines is 1. The molecule has 0 saturated carbocycles. The van der Waals surface area contributed by atoms with Gasteiger partial charge in [0.25, 0.3) is 0 Å². The van der Waals surface area contributed by atoms with Gasteiger partial charge in [-0.3, -0.25) is 9.59 Å². The number of aryl methyl sites for hydroxylation is 1. The molecule has 0 aromatic heterocycles. The lowest BCUT2D eigenvalue weighted by Crippen LogP contribution is -2.34. The molecule has 25 heavy (non-hydrogen) atoms. The van der Waals surface area contributed by atoms with E-state index in [4.69, 9.17) is 0 Å². The summed E-state index contributed by atoms with van der Waals surface area (Å²) in [5.74, 6) is -0.889. The Morgan fingerprint density at radius 2 is 1.80 bits per heavy atom. The zero-order valence-corrected chi connectivity index (χ0v) is 14.3. The van der Waals surface area contributed by atoms with E-state index in [1.54, 1.807) is 25.3 Å². The summed E-state index contributed by atoms with van der Waals surface area (Å²) in [6, 6.07) is 13.4. The van der Waals surface area contributed by atoms with Crippen molar-refractivity contribution in [1.29, 1.82) is 0 Å². The molecule has 0 radical (unpaired) electrons. The number of hydrogen-bond acceptors (Lipinski definition) is 2. The Hall–Kier alpha value is -2.95. The standard InChI is InChI=1S/C20H21FN2O2/c1-3-16-6-4-5-7-18(16)22-19(24)14-23(2)20(25)13-10-15-8-11-17(21)12-9-15/h4-13H,3,14H2,1-2H3,(H,22,24)/b13-10+. The van der Waals surface area contributed by atoms with Crippen LogP contribution < -0.4 is 5.32 Å². The molecular formula is C20H21FN2O2. The lowest BCUT2D eigenvalue weighted by molar-refractivity contribution is -0.129. The summed E-state index contributed by atoms with van der Waals surface area (Å²) in [6.07, 6.45) is 3.76. The fourth-order valence-corrected chi connectivity index (χ4v) is 2.30. The van der Waals surface area contributed by atoms with E-state index >= 15 is 0 Å². The zero-order chi connectivity index (χ0) is 18.2. The number of likely N-dealkylation sites (N-methyl/N-ethyl adjacent to an activating group) is 1. The van der Waals surface area contributed by atoms with E-state index in [-0.39, 0.29) is 24.2 Å². The summed E-state index contributed by atoms with van der Waals surface area (Å²) in [5, 5.41) is 2.83. The van der Waals surface area contributed by atoms with E-state index in [9.17, 15) is 14.0 Å². The molecule has 0 bridgehead atoms. The third kappa shape index (κ3) is 5.57. The Labute approximate surface area is 147 Å². The number of carbonyl (C=O) groups excluding carboxylic acids is 2. The molecule has 0 aliphatic rings. The van der Waals surface area contributed by atoms with Crippen molar-refractivity contribution in [2.24, 2.45) is 0 Å². The van der Waals surface area contributed by atoms with Crippen molar-refractivity contribution in [3.05, 3.63) is 71.6 Å². The van der Waals surface area contributed by atoms with Crippen LogP contribution in [0.5, 0.6) is 0 Å². The first-order valence-corrected chi connectivity index (χ1v) is 8.06. The van der Waals surface area contributed by atoms with E-state index in [1.807, 2.05) is 31.2 Å². The van der Waals surface area contributed by atoms with Crippen molar-refractivity contribution in [3.63, 3.8) is 0 Å². The van der Waals surface area contributed by atoms with E-state index in [0.717, 1.165) is 17.7 Å². The molecule has 0 saturated heterocycles. The van der Waals surface area contributed by atoms with Crippen LogP contribution in [0.15, 0.2) is 54.6 Å². The summed E-state index contributed by atoms with van der Waals surface area (Å²) in [6.45, 7) is 1.96. The molecule has 0 fully saturated rings. The highest BCUT2D eigenvalue weighted by molar-refractivity contribution is 5.98. The molecule has 0 unspecified atom stereocenters. The number of nitrogens with zero attached hydrogens (tertiary/aromatic N) is 1. The van der Waals surface area contributed by atoms with Crippen LogP contribution in [0.1, 0.15) is 18.1 Å². The maximum Gasteiger partial charge on any atom is 0.246 e. The number of carbonyl (C=O) groups is 2. The summed E-state index contributed by atoms with van der Waals surface area (Å²) >= 11 is 0. The molecule has 2 aromatic carbocycles. The van der Waals surface area contributed by atoms with Crippen LogP contribution in [0.25, 0.3) is 6.08 Å². The molecule has 2 aromatic rings. The number of nitrogens with one attached hydrogen (secondary N) is 1. The van der Waals surface area contributed by atoms with Gasteiger partial charge < -0.3 is 10.2 Å². The van der Waals surface area contributed by atoms with Gasteiger partial charge >= 0.3 is 0 Å². The predicted octanol–water partition coefficient (Wildman–Crippen LogP) is 3.50. The average molecular weight is 340 g/mol. The molecule has 130 valence electrons. The number of benzene rings is 2. The van der Waals surface area contributed by atoms with E-state index in [0.29, 0.717) is 5.56 Å². The quantitative estimate of drug-likeness (QED) is 0.818. The van der Waals surface area contributed by atoms with Crippen LogP contribution in [0.3, 0.4) is 0 Å². The van der Waals surface area contributed by atoms with E-state index in [1.165, 1.54) is 23.1 Å². The molecule has 0 heterocycles. The minimum Gasteiger partial charge on any atom is -0.333 e. The number of amides is 2. The van der Waals surface area contributed by atoms with Crippen molar-refractivity contribution in [2.45, 2.75) is 13.3 Å². The van der Waals surface area contributed by atoms with Gasteiger partial charge in [0.15, 0.2) is 0 Å². The fraction of sp³-hybridized carbons (Fsp3) is 0.200. The highest BCUT2D eigenvalue weighted by atomic mass is 19.1. The fourth-order valence-electron chi connectivity index (χ4n) is 2.30. The van der Waals surface area contributed by atoms with E-state index < -0.39 is 0 Å². The van der Waals surface area contributed by atoms with Gasteiger partial charge in [0.1, 0.15) is 5.82 Å². The summed E-state index contributed by atoms with van der Waals surface area (Å²) in [7, 11) is 1.56. The van der Waals surface area contributed by atoms with Crippen LogP contribution in [0.4, 0.5) is 10.1 Å². The Morgan fingerprint density at radius 1 is 1.12 bits per heavy atom. The molecule has 2 amide bonds. The average Bonchev–Trinajstić information content (AvgIpc) is 2.61. The number of para-hydroxylation sites is 1. The van der Waals surface area contributed by atoms with Crippen molar-refractivity contribution in [1.82, 2.24) is 4.90 Å². The highest BCUT2D eigenvalue weighted by Crippen LogP contribution is 2.15. The Balaban J connectivity index is 1.91. The maximum atomic E-state index is 12.8. The van der Waals surface area contributed by atoms with Gasteiger partial charge in [-0.25, -0.2) is 4.39 Å². The number of rotatable bonds is 6. The van der Waals surface area contributed by atoms with Crippen LogP contribution in [0, 0.1) is 5.82 Å². The molecule has 0 spiro atoms. The van der Waals surface area contributed by atoms with Crippen molar-refractivity contribution in [2.75, 3.05) is 18.9 Å². The second-order valence-corrected chi connectivity index (χ2v) is 5.64. The largest absolute Gasteiger partial charge is 0.333 e. The second-order valence-electron chi connectivity index (χ2n) is 5.64. The molecule has 4 nitrogen and oxygen atoms in total. The van der Waals surface area contributed by atoms with Crippen molar-refractivity contribution >= 4 is 23.6 Å². The molecular weight excluding hydrogens is 319 g/mol. The predicted molar refractivity (Wildman–Crippen MR) is 97.5 cm³/mol. The summed E-state index contributed by atoms with van der Waals surface area (Å²) in [5.41, 5.74) is 2.52. The van der Waals surface area contributed by atoms with Crippen LogP contribution in [-0.2, 0) is 16.0 Å². The van der Waals surface area contributed by atoms with Gasteiger partial charge in [-0.15, -0.1) is 0 Å². The van der Waals surface area contributed by atoms with Crippen molar-refractivity contribution < 1.29 is 14.0 Å². The highest BCUT2D eigenvalue weighted by Gasteiger charge is 2.11. The lowest BCUT2D eigenvalue weighted by atomic mass is 10.1. The summed E-state index contributed by atoms with van der Waals surface area (Å²) in [4.78, 5) is 25.5. The molecule has 5 heteroatoms. The van der Waals surface area contributed by atoms with Gasteiger partial charge in [0.2, 0.25) is 11.8 Å². The van der Waals surface area contributed by atoms with Crippen molar-refractivity contribution in [3.8, 4) is 0 Å². The molecule has 2 rings (SSSR count). The SMILES string of the molecule is CCc1ccccc1NC(=O)CN(C)C(=O)/C=C/c1ccc(F)cc1. The van der Waals surface area contributed by atoms with E-state index in [2.05, 4.69) is 5.32 Å². The first-order valence-electron chi connectivity index (χ1n) is 8.06. The first kappa shape index (κ1) is 18.4. The maximum absolute atomic E-state index is 12.8. The molecule has 1 N–H and O–H groups in total. The Kier molecular flexibility index (Phi) is 6.46. The number of halogens is 1. The Bertz CT molecular complexity index is 770. The monoisotopic (exact) mass is 340 g/mol. The third-order valence-corrected chi connectivity index (χ3v) is 3.72. The number of hydrogen-bond donors (Lipinski definition) is 1. The normalized spacial score (nSPS) is 10.7. The molecule has 0 atom stereocenters. The van der Waals surface area contributed by atoms with Gasteiger partial charge in [-0.05, 0) is 41.8 Å². The minimum absolute atomic E-state index is 0.0510.